The average molecular weight is 403 g/mol. The molecule has 2 aromatic carbocycles. The molecule has 0 radical (unpaired) electrons. The Balaban J connectivity index is 2.20. The SMILES string of the molecule is Cc1ccc(S(=O)(=O)Nc2cc3c(c([N+](=O)[O-])c2C)C(C)(C)CC3(C)C)cc1. The number of hydrogen-bond donors (Lipinski definition) is 1. The monoisotopic (exact) mass is 402 g/mol. The van der Waals surface area contributed by atoms with Crippen molar-refractivity contribution in [2.45, 2.75) is 63.7 Å². The molecule has 7 heteroatoms. The van der Waals surface area contributed by atoms with Crippen molar-refractivity contribution in [2.75, 3.05) is 4.72 Å². The molecule has 150 valence electrons. The number of anilines is 1. The lowest BCUT2D eigenvalue weighted by Crippen LogP contribution is -2.18. The van der Waals surface area contributed by atoms with Gasteiger partial charge >= 0.3 is 0 Å². The average Bonchev–Trinajstić information content (AvgIpc) is 2.72. The van der Waals surface area contributed by atoms with Crippen LogP contribution in [0.5, 0.6) is 0 Å². The number of aryl methyl sites for hydroxylation is 1. The van der Waals surface area contributed by atoms with E-state index in [1.165, 1.54) is 12.1 Å². The molecule has 0 bridgehead atoms. The zero-order valence-corrected chi connectivity index (χ0v) is 17.9. The fourth-order valence-corrected chi connectivity index (χ4v) is 5.64. The van der Waals surface area contributed by atoms with Crippen LogP contribution in [0.4, 0.5) is 11.4 Å². The van der Waals surface area contributed by atoms with Crippen molar-refractivity contribution in [2.24, 2.45) is 0 Å². The van der Waals surface area contributed by atoms with Crippen molar-refractivity contribution < 1.29 is 13.3 Å². The van der Waals surface area contributed by atoms with Gasteiger partial charge < -0.3 is 0 Å². The number of sulfonamides is 1. The molecule has 0 atom stereocenters. The third-order valence-electron chi connectivity index (χ3n) is 5.60. The number of nitro benzene ring substituents is 1. The number of benzene rings is 2. The standard InChI is InChI=1S/C21H26N2O4S/c1-13-7-9-15(10-8-13)28(26,27)22-17-11-16-18(19(14(17)2)23(24)25)21(5,6)12-20(16,3)4/h7-11,22H,12H2,1-6H3. The second-order valence-electron chi connectivity index (χ2n) is 8.94. The van der Waals surface area contributed by atoms with Gasteiger partial charge in [0.2, 0.25) is 0 Å². The predicted octanol–water partition coefficient (Wildman–Crippen LogP) is 4.97. The summed E-state index contributed by atoms with van der Waals surface area (Å²) in [7, 11) is -3.85. The summed E-state index contributed by atoms with van der Waals surface area (Å²) < 4.78 is 28.3. The van der Waals surface area contributed by atoms with Crippen LogP contribution in [0.15, 0.2) is 35.2 Å². The molecule has 1 N–H and O–H groups in total. The lowest BCUT2D eigenvalue weighted by atomic mass is 9.81. The van der Waals surface area contributed by atoms with Crippen LogP contribution in [0.25, 0.3) is 0 Å². The van der Waals surface area contributed by atoms with Gasteiger partial charge in [-0.3, -0.25) is 14.8 Å². The van der Waals surface area contributed by atoms with E-state index in [2.05, 4.69) is 4.72 Å². The van der Waals surface area contributed by atoms with Crippen LogP contribution in [-0.4, -0.2) is 13.3 Å². The molecule has 0 aliphatic heterocycles. The third kappa shape index (κ3) is 3.28. The van der Waals surface area contributed by atoms with Crippen LogP contribution >= 0.6 is 0 Å². The summed E-state index contributed by atoms with van der Waals surface area (Å²) in [5.74, 6) is 0. The Labute approximate surface area is 166 Å². The van der Waals surface area contributed by atoms with Crippen molar-refractivity contribution in [3.05, 3.63) is 62.7 Å². The Morgan fingerprint density at radius 1 is 1.04 bits per heavy atom. The van der Waals surface area contributed by atoms with Crippen LogP contribution < -0.4 is 4.72 Å². The van der Waals surface area contributed by atoms with Gasteiger partial charge in [0.25, 0.3) is 15.7 Å². The van der Waals surface area contributed by atoms with Gasteiger partial charge in [-0.2, -0.15) is 0 Å². The fraction of sp³-hybridized carbons (Fsp3) is 0.429. The number of nitrogens with zero attached hydrogens (tertiary/aromatic N) is 1. The van der Waals surface area contributed by atoms with Crippen LogP contribution in [0, 0.1) is 24.0 Å². The highest BCUT2D eigenvalue weighted by Crippen LogP contribution is 2.54. The minimum absolute atomic E-state index is 0.00896. The second kappa shape index (κ2) is 6.30. The molecular formula is C21H26N2O4S. The highest BCUT2D eigenvalue weighted by Gasteiger charge is 2.47. The van der Waals surface area contributed by atoms with Crippen molar-refractivity contribution in [3.8, 4) is 0 Å². The molecule has 0 aromatic heterocycles. The first-order valence-corrected chi connectivity index (χ1v) is 10.7. The minimum Gasteiger partial charge on any atom is -0.279 e. The van der Waals surface area contributed by atoms with Gasteiger partial charge in [0.15, 0.2) is 0 Å². The van der Waals surface area contributed by atoms with E-state index in [1.54, 1.807) is 25.1 Å². The fourth-order valence-electron chi connectivity index (χ4n) is 4.53. The first kappa shape index (κ1) is 20.3. The molecule has 0 unspecified atom stereocenters. The van der Waals surface area contributed by atoms with Gasteiger partial charge in [-0.15, -0.1) is 0 Å². The van der Waals surface area contributed by atoms with Crippen molar-refractivity contribution in [1.82, 2.24) is 0 Å². The molecule has 1 aliphatic carbocycles. The Morgan fingerprint density at radius 2 is 1.61 bits per heavy atom. The molecule has 28 heavy (non-hydrogen) atoms. The summed E-state index contributed by atoms with van der Waals surface area (Å²) in [5.41, 5.74) is 2.44. The summed E-state index contributed by atoms with van der Waals surface area (Å²) in [6, 6.07) is 8.28. The van der Waals surface area contributed by atoms with Crippen LogP contribution in [0.2, 0.25) is 0 Å². The molecule has 6 nitrogen and oxygen atoms in total. The molecule has 0 fully saturated rings. The van der Waals surface area contributed by atoms with E-state index in [-0.39, 0.29) is 32.0 Å². The van der Waals surface area contributed by atoms with Crippen molar-refractivity contribution >= 4 is 21.4 Å². The molecule has 2 aromatic rings. The van der Waals surface area contributed by atoms with E-state index in [0.717, 1.165) is 17.5 Å². The van der Waals surface area contributed by atoms with Crippen molar-refractivity contribution in [3.63, 3.8) is 0 Å². The molecule has 0 saturated heterocycles. The van der Waals surface area contributed by atoms with E-state index in [4.69, 9.17) is 0 Å². The maximum absolute atomic E-state index is 12.9. The predicted molar refractivity (Wildman–Crippen MR) is 110 cm³/mol. The maximum Gasteiger partial charge on any atom is 0.278 e. The first-order chi connectivity index (χ1) is 12.8. The quantitative estimate of drug-likeness (QED) is 0.577. The number of nitro groups is 1. The van der Waals surface area contributed by atoms with Gasteiger partial charge in [0.05, 0.1) is 21.1 Å². The number of rotatable bonds is 4. The van der Waals surface area contributed by atoms with Crippen LogP contribution in [0.3, 0.4) is 0 Å². The highest BCUT2D eigenvalue weighted by molar-refractivity contribution is 7.92. The largest absolute Gasteiger partial charge is 0.279 e. The summed E-state index contributed by atoms with van der Waals surface area (Å²) in [5, 5.41) is 11.9. The van der Waals surface area contributed by atoms with E-state index in [1.807, 2.05) is 34.6 Å². The summed E-state index contributed by atoms with van der Waals surface area (Å²) in [6.07, 6.45) is 0.754. The molecule has 0 heterocycles. The van der Waals surface area contributed by atoms with Gasteiger partial charge in [0, 0.05) is 5.56 Å². The van der Waals surface area contributed by atoms with Gasteiger partial charge in [-0.25, -0.2) is 8.42 Å². The normalized spacial score (nSPS) is 17.2. The molecule has 0 saturated carbocycles. The second-order valence-corrected chi connectivity index (χ2v) is 10.6. The minimum atomic E-state index is -3.85. The maximum atomic E-state index is 12.9. The van der Waals surface area contributed by atoms with Crippen LogP contribution in [-0.2, 0) is 20.9 Å². The molecular weight excluding hydrogens is 376 g/mol. The summed E-state index contributed by atoms with van der Waals surface area (Å²) in [4.78, 5) is 11.7. The van der Waals surface area contributed by atoms with Gasteiger partial charge in [0.1, 0.15) is 0 Å². The zero-order chi connectivity index (χ0) is 21.1. The lowest BCUT2D eigenvalue weighted by Gasteiger charge is -2.22. The number of hydrogen-bond acceptors (Lipinski definition) is 4. The Kier molecular flexibility index (Phi) is 4.58. The lowest BCUT2D eigenvalue weighted by molar-refractivity contribution is -0.386. The van der Waals surface area contributed by atoms with Gasteiger partial charge in [-0.1, -0.05) is 45.4 Å². The molecule has 3 rings (SSSR count). The topological polar surface area (TPSA) is 89.3 Å². The third-order valence-corrected chi connectivity index (χ3v) is 6.98. The smallest absolute Gasteiger partial charge is 0.278 e. The Bertz CT molecular complexity index is 1070. The first-order valence-electron chi connectivity index (χ1n) is 9.19. The Hall–Kier alpha value is -2.41. The van der Waals surface area contributed by atoms with Gasteiger partial charge in [-0.05, 0) is 54.9 Å². The molecule has 0 spiro atoms. The van der Waals surface area contributed by atoms with E-state index < -0.39 is 10.0 Å². The zero-order valence-electron chi connectivity index (χ0n) is 17.1. The Morgan fingerprint density at radius 3 is 2.14 bits per heavy atom. The van der Waals surface area contributed by atoms with E-state index in [0.29, 0.717) is 11.1 Å². The van der Waals surface area contributed by atoms with Crippen molar-refractivity contribution in [1.29, 1.82) is 0 Å². The number of fused-ring (bicyclic) bond motifs is 1. The summed E-state index contributed by atoms with van der Waals surface area (Å²) >= 11 is 0. The highest BCUT2D eigenvalue weighted by atomic mass is 32.2. The van der Waals surface area contributed by atoms with E-state index in [9.17, 15) is 18.5 Å². The summed E-state index contributed by atoms with van der Waals surface area (Å²) in [6.45, 7) is 11.6. The molecule has 0 amide bonds. The number of nitrogens with one attached hydrogen (secondary N) is 1. The molecule has 1 aliphatic rings. The van der Waals surface area contributed by atoms with E-state index >= 15 is 0 Å². The van der Waals surface area contributed by atoms with Crippen LogP contribution in [0.1, 0.15) is 56.4 Å².